The van der Waals surface area contributed by atoms with Crippen molar-refractivity contribution < 1.29 is 0 Å². The fourth-order valence-corrected chi connectivity index (χ4v) is 5.35. The highest BCUT2D eigenvalue weighted by Crippen LogP contribution is 2.46. The Morgan fingerprint density at radius 3 is 2.09 bits per heavy atom. The molecule has 5 nitrogen and oxygen atoms in total. The highest BCUT2D eigenvalue weighted by molar-refractivity contribution is 6.28. The largest absolute Gasteiger partial charge is 0.302 e. The van der Waals surface area contributed by atoms with Gasteiger partial charge in [0.05, 0.1) is 17.1 Å². The summed E-state index contributed by atoms with van der Waals surface area (Å²) in [4.78, 5) is 16.3. The van der Waals surface area contributed by atoms with Gasteiger partial charge in [0.15, 0.2) is 0 Å². The summed E-state index contributed by atoms with van der Waals surface area (Å²) >= 11 is 6.52. The van der Waals surface area contributed by atoms with Gasteiger partial charge in [0.1, 0.15) is 0 Å². The number of hydrogen-bond donors (Lipinski definition) is 0. The predicted octanol–water partition coefficient (Wildman–Crippen LogP) is 6.35. The van der Waals surface area contributed by atoms with E-state index in [0.29, 0.717) is 11.9 Å². The van der Waals surface area contributed by atoms with Crippen LogP contribution in [-0.2, 0) is 0 Å². The van der Waals surface area contributed by atoms with Gasteiger partial charge < -0.3 is 4.90 Å². The Kier molecular flexibility index (Phi) is 3.96. The first kappa shape index (κ1) is 18.6. The van der Waals surface area contributed by atoms with E-state index in [1.54, 1.807) is 0 Å². The average molecular weight is 448 g/mol. The van der Waals surface area contributed by atoms with Crippen molar-refractivity contribution in [3.63, 3.8) is 0 Å². The molecule has 3 aromatic carbocycles. The summed E-state index contributed by atoms with van der Waals surface area (Å²) in [6, 6.07) is 25.1. The molecule has 1 aliphatic carbocycles. The van der Waals surface area contributed by atoms with E-state index in [9.17, 15) is 0 Å². The molecule has 2 unspecified atom stereocenters. The number of aromatic nitrogens is 4. The summed E-state index contributed by atoms with van der Waals surface area (Å²) in [6.07, 6.45) is 8.62. The standard InChI is InChI=1S/C27H18ClN5/c28-25-29-26(32-21-13-5-1-9-17(21)18-10-2-6-14-22(18)32)31-27(30-25)33-23-15-7-3-11-19(23)20-12-4-8-16-24(20)33/h1-17,21H. The number of allylic oxidation sites excluding steroid dienone is 2. The summed E-state index contributed by atoms with van der Waals surface area (Å²) < 4.78 is 2.07. The van der Waals surface area contributed by atoms with Gasteiger partial charge in [-0.25, -0.2) is 0 Å². The summed E-state index contributed by atoms with van der Waals surface area (Å²) in [5.74, 6) is 1.31. The Labute approximate surface area is 195 Å². The lowest BCUT2D eigenvalue weighted by Gasteiger charge is -2.26. The highest BCUT2D eigenvalue weighted by atomic mass is 35.5. The number of rotatable bonds is 2. The van der Waals surface area contributed by atoms with E-state index < -0.39 is 0 Å². The second kappa shape index (κ2) is 7.02. The Morgan fingerprint density at radius 2 is 1.30 bits per heavy atom. The van der Waals surface area contributed by atoms with Crippen molar-refractivity contribution in [3.05, 3.63) is 108 Å². The van der Waals surface area contributed by atoms with Crippen LogP contribution in [0.4, 0.5) is 11.6 Å². The van der Waals surface area contributed by atoms with Crippen LogP contribution in [0.3, 0.4) is 0 Å². The van der Waals surface area contributed by atoms with Crippen LogP contribution in [0.15, 0.2) is 97.1 Å². The van der Waals surface area contributed by atoms with Crippen LogP contribution < -0.4 is 4.90 Å². The van der Waals surface area contributed by atoms with Crippen molar-refractivity contribution in [3.8, 4) is 5.95 Å². The number of hydrogen-bond acceptors (Lipinski definition) is 4. The number of para-hydroxylation sites is 3. The van der Waals surface area contributed by atoms with Crippen molar-refractivity contribution in [2.24, 2.45) is 0 Å². The quantitative estimate of drug-likeness (QED) is 0.316. The van der Waals surface area contributed by atoms with Crippen molar-refractivity contribution in [2.75, 3.05) is 4.90 Å². The van der Waals surface area contributed by atoms with Gasteiger partial charge in [-0.15, -0.1) is 0 Å². The minimum Gasteiger partial charge on any atom is -0.302 e. The average Bonchev–Trinajstić information content (AvgIpc) is 3.37. The van der Waals surface area contributed by atoms with Gasteiger partial charge in [-0.05, 0) is 35.4 Å². The van der Waals surface area contributed by atoms with Crippen LogP contribution in [0.1, 0.15) is 11.5 Å². The molecular formula is C27H18ClN5. The molecule has 0 saturated heterocycles. The number of halogens is 1. The fourth-order valence-electron chi connectivity index (χ4n) is 5.20. The van der Waals surface area contributed by atoms with Gasteiger partial charge in [-0.3, -0.25) is 4.57 Å². The first-order valence-corrected chi connectivity index (χ1v) is 11.3. The van der Waals surface area contributed by atoms with Gasteiger partial charge >= 0.3 is 0 Å². The third-order valence-electron chi connectivity index (χ3n) is 6.54. The Hall–Kier alpha value is -3.96. The molecule has 5 aromatic rings. The minimum atomic E-state index is 0.0943. The molecular weight excluding hydrogens is 430 g/mol. The minimum absolute atomic E-state index is 0.0943. The van der Waals surface area contributed by atoms with E-state index >= 15 is 0 Å². The molecule has 0 fully saturated rings. The van der Waals surface area contributed by atoms with Crippen molar-refractivity contribution in [2.45, 2.75) is 12.0 Å². The number of fused-ring (bicyclic) bond motifs is 6. The number of nitrogens with zero attached hydrogens (tertiary/aromatic N) is 5. The summed E-state index contributed by atoms with van der Waals surface area (Å²) in [7, 11) is 0. The van der Waals surface area contributed by atoms with Crippen LogP contribution in [0.25, 0.3) is 27.8 Å². The third-order valence-corrected chi connectivity index (χ3v) is 6.71. The monoisotopic (exact) mass is 447 g/mol. The van der Waals surface area contributed by atoms with E-state index in [1.807, 2.05) is 18.2 Å². The maximum atomic E-state index is 6.52. The van der Waals surface area contributed by atoms with Crippen LogP contribution in [0.2, 0.25) is 5.28 Å². The van der Waals surface area contributed by atoms with Crippen molar-refractivity contribution in [1.29, 1.82) is 0 Å². The Morgan fingerprint density at radius 1 is 0.667 bits per heavy atom. The zero-order valence-corrected chi connectivity index (χ0v) is 18.3. The summed E-state index contributed by atoms with van der Waals surface area (Å²) in [5.41, 5.74) is 4.43. The molecule has 0 amide bonds. The van der Waals surface area contributed by atoms with E-state index in [-0.39, 0.29) is 17.2 Å². The molecule has 7 rings (SSSR count). The van der Waals surface area contributed by atoms with Crippen molar-refractivity contribution in [1.82, 2.24) is 19.5 Å². The summed E-state index contributed by atoms with van der Waals surface area (Å²) in [6.45, 7) is 0. The van der Waals surface area contributed by atoms with E-state index in [4.69, 9.17) is 16.6 Å². The van der Waals surface area contributed by atoms with E-state index in [1.165, 1.54) is 5.56 Å². The molecule has 2 atom stereocenters. The van der Waals surface area contributed by atoms with E-state index in [2.05, 4.69) is 98.3 Å². The van der Waals surface area contributed by atoms with Crippen LogP contribution in [0.5, 0.6) is 0 Å². The van der Waals surface area contributed by atoms with Gasteiger partial charge in [0, 0.05) is 22.4 Å². The predicted molar refractivity (Wildman–Crippen MR) is 133 cm³/mol. The molecule has 0 bridgehead atoms. The maximum absolute atomic E-state index is 6.52. The van der Waals surface area contributed by atoms with Gasteiger partial charge in [0.25, 0.3) is 0 Å². The lowest BCUT2D eigenvalue weighted by atomic mass is 9.92. The molecule has 158 valence electrons. The molecule has 6 heteroatoms. The van der Waals surface area contributed by atoms with Crippen LogP contribution >= 0.6 is 11.6 Å². The zero-order chi connectivity index (χ0) is 21.9. The third kappa shape index (κ3) is 2.69. The molecule has 2 aliphatic rings. The topological polar surface area (TPSA) is 46.8 Å². The van der Waals surface area contributed by atoms with Crippen LogP contribution in [-0.4, -0.2) is 25.6 Å². The molecule has 1 aliphatic heterocycles. The second-order valence-corrected chi connectivity index (χ2v) is 8.63. The summed E-state index contributed by atoms with van der Waals surface area (Å²) in [5, 5.41) is 2.48. The molecule has 0 spiro atoms. The number of anilines is 2. The Bertz CT molecular complexity index is 1560. The number of benzene rings is 3. The maximum Gasteiger partial charge on any atom is 0.240 e. The van der Waals surface area contributed by atoms with Gasteiger partial charge in [0.2, 0.25) is 17.2 Å². The smallest absolute Gasteiger partial charge is 0.240 e. The lowest BCUT2D eigenvalue weighted by molar-refractivity contribution is 0.724. The SMILES string of the molecule is Clc1nc(N2c3ccccc3C3C=CC=CC32)nc(-n2c3ccccc3c3ccccc32)n1. The zero-order valence-electron chi connectivity index (χ0n) is 17.5. The molecule has 0 radical (unpaired) electrons. The highest BCUT2D eigenvalue weighted by Gasteiger charge is 2.38. The normalized spacial score (nSPS) is 18.8. The molecule has 3 heterocycles. The molecule has 2 aromatic heterocycles. The van der Waals surface area contributed by atoms with E-state index in [0.717, 1.165) is 27.5 Å². The second-order valence-electron chi connectivity index (χ2n) is 8.29. The Balaban J connectivity index is 1.48. The van der Waals surface area contributed by atoms with Gasteiger partial charge in [-0.2, -0.15) is 15.0 Å². The van der Waals surface area contributed by atoms with Crippen molar-refractivity contribution >= 4 is 45.0 Å². The molecule has 33 heavy (non-hydrogen) atoms. The van der Waals surface area contributed by atoms with Crippen LogP contribution in [0, 0.1) is 0 Å². The molecule has 0 saturated carbocycles. The van der Waals surface area contributed by atoms with Gasteiger partial charge in [-0.1, -0.05) is 78.9 Å². The first-order valence-electron chi connectivity index (χ1n) is 10.9. The fraction of sp³-hybridized carbons (Fsp3) is 0.0741. The lowest BCUT2D eigenvalue weighted by Crippen LogP contribution is -2.30. The molecule has 0 N–H and O–H groups in total. The first-order chi connectivity index (χ1) is 16.3.